The van der Waals surface area contributed by atoms with E-state index in [1.54, 1.807) is 11.0 Å². The monoisotopic (exact) mass is 502 g/mol. The number of carbonyl (C=O) groups is 3. The number of nitrogens with zero attached hydrogens (tertiary/aromatic N) is 2. The van der Waals surface area contributed by atoms with Crippen molar-refractivity contribution < 1.29 is 29.0 Å². The number of unbranched alkanes of at least 4 members (excludes halogenated alkanes) is 1. The van der Waals surface area contributed by atoms with Crippen molar-refractivity contribution in [1.82, 2.24) is 9.80 Å². The Morgan fingerprint density at radius 3 is 2.39 bits per heavy atom. The molecule has 4 heterocycles. The van der Waals surface area contributed by atoms with Gasteiger partial charge in [0.15, 0.2) is 0 Å². The Morgan fingerprint density at radius 1 is 1.03 bits per heavy atom. The predicted molar refractivity (Wildman–Crippen MR) is 135 cm³/mol. The zero-order chi connectivity index (χ0) is 26.5. The normalized spacial score (nSPS) is 34.3. The number of esters is 1. The standard InChI is InChI=1S/C28H42N2O6/c1-7-27-12-11-17-35-24(34)20(27)19-22(32)29(14-8-9-16-31)21-23(33)30(15-10-13-28(19,21)36-27)26(5,6)18-25(2,3)4/h10-13,19-21,31H,7-9,14-18H2,1-6H3/t19-,20-,21?,27+,28-/m0/s1. The van der Waals surface area contributed by atoms with E-state index in [2.05, 4.69) is 34.6 Å². The maximum absolute atomic E-state index is 14.5. The van der Waals surface area contributed by atoms with Crippen LogP contribution in [0, 0.1) is 17.3 Å². The largest absolute Gasteiger partial charge is 0.461 e. The van der Waals surface area contributed by atoms with Crippen LogP contribution >= 0.6 is 0 Å². The minimum atomic E-state index is -1.26. The van der Waals surface area contributed by atoms with Gasteiger partial charge in [0, 0.05) is 25.2 Å². The summed E-state index contributed by atoms with van der Waals surface area (Å²) >= 11 is 0. The molecule has 0 aromatic carbocycles. The van der Waals surface area contributed by atoms with Gasteiger partial charge < -0.3 is 24.4 Å². The van der Waals surface area contributed by atoms with Crippen molar-refractivity contribution in [2.75, 3.05) is 26.3 Å². The van der Waals surface area contributed by atoms with Gasteiger partial charge in [-0.05, 0) is 51.0 Å². The SMILES string of the molecule is CC[C@@]12C=CCOC(=O)[C@@H]1[C@H]1C(=O)N(CCCCO)C3C(=O)N(C(C)(C)CC(C)(C)C)CC=C[C@@]31O2. The lowest BCUT2D eigenvalue weighted by Gasteiger charge is -2.45. The Labute approximate surface area is 214 Å². The molecular weight excluding hydrogens is 460 g/mol. The van der Waals surface area contributed by atoms with Crippen LogP contribution in [0.1, 0.15) is 67.2 Å². The molecule has 0 aromatic rings. The average molecular weight is 503 g/mol. The first-order valence-electron chi connectivity index (χ1n) is 13.3. The highest BCUT2D eigenvalue weighted by atomic mass is 16.6. The lowest BCUT2D eigenvalue weighted by Crippen LogP contribution is -2.60. The second-order valence-corrected chi connectivity index (χ2v) is 12.5. The number of hydrogen-bond acceptors (Lipinski definition) is 6. The molecule has 2 saturated heterocycles. The quantitative estimate of drug-likeness (QED) is 0.327. The highest BCUT2D eigenvalue weighted by molar-refractivity contribution is 5.99. The molecule has 0 saturated carbocycles. The van der Waals surface area contributed by atoms with Gasteiger partial charge in [-0.25, -0.2) is 0 Å². The fourth-order valence-electron chi connectivity index (χ4n) is 7.17. The summed E-state index contributed by atoms with van der Waals surface area (Å²) < 4.78 is 12.3. The average Bonchev–Trinajstić information content (AvgIpc) is 3.04. The molecule has 1 spiro atoms. The van der Waals surface area contributed by atoms with Crippen LogP contribution in [0.2, 0.25) is 0 Å². The molecular formula is C28H42N2O6. The highest BCUT2D eigenvalue weighted by Crippen LogP contribution is 2.58. The summed E-state index contributed by atoms with van der Waals surface area (Å²) in [5, 5.41) is 9.36. The third-order valence-electron chi connectivity index (χ3n) is 8.20. The second-order valence-electron chi connectivity index (χ2n) is 12.5. The van der Waals surface area contributed by atoms with E-state index >= 15 is 0 Å². The molecule has 200 valence electrons. The van der Waals surface area contributed by atoms with Gasteiger partial charge in [-0.1, -0.05) is 45.9 Å². The fourth-order valence-corrected chi connectivity index (χ4v) is 7.17. The lowest BCUT2D eigenvalue weighted by molar-refractivity contribution is -0.160. The van der Waals surface area contributed by atoms with Crippen molar-refractivity contribution in [1.29, 1.82) is 0 Å². The van der Waals surface area contributed by atoms with Gasteiger partial charge in [-0.3, -0.25) is 14.4 Å². The van der Waals surface area contributed by atoms with Crippen LogP contribution in [0.3, 0.4) is 0 Å². The van der Waals surface area contributed by atoms with E-state index in [9.17, 15) is 19.5 Å². The molecule has 8 nitrogen and oxygen atoms in total. The molecule has 36 heavy (non-hydrogen) atoms. The summed E-state index contributed by atoms with van der Waals surface area (Å²) in [5.41, 5.74) is -2.75. The third-order valence-corrected chi connectivity index (χ3v) is 8.20. The maximum Gasteiger partial charge on any atom is 0.313 e. The van der Waals surface area contributed by atoms with Gasteiger partial charge in [0.2, 0.25) is 11.8 Å². The first-order chi connectivity index (χ1) is 16.8. The third kappa shape index (κ3) is 4.20. The van der Waals surface area contributed by atoms with Crippen LogP contribution in [-0.4, -0.2) is 81.8 Å². The van der Waals surface area contributed by atoms with E-state index in [0.717, 1.165) is 6.42 Å². The van der Waals surface area contributed by atoms with E-state index in [1.165, 1.54) is 0 Å². The first kappa shape index (κ1) is 26.9. The molecule has 0 aliphatic carbocycles. The van der Waals surface area contributed by atoms with Gasteiger partial charge >= 0.3 is 5.97 Å². The predicted octanol–water partition coefficient (Wildman–Crippen LogP) is 2.85. The Hall–Kier alpha value is -2.19. The van der Waals surface area contributed by atoms with Gasteiger partial charge in [0.05, 0.1) is 5.92 Å². The number of carbonyl (C=O) groups excluding carboxylic acids is 3. The maximum atomic E-state index is 14.5. The molecule has 2 amide bonds. The van der Waals surface area contributed by atoms with E-state index in [4.69, 9.17) is 9.47 Å². The molecule has 4 aliphatic rings. The van der Waals surface area contributed by atoms with Crippen molar-refractivity contribution in [2.24, 2.45) is 17.3 Å². The Balaban J connectivity index is 1.83. The highest BCUT2D eigenvalue weighted by Gasteiger charge is 2.75. The fraction of sp³-hybridized carbons (Fsp3) is 0.750. The molecule has 1 unspecified atom stereocenters. The van der Waals surface area contributed by atoms with Crippen LogP contribution in [0.5, 0.6) is 0 Å². The summed E-state index contributed by atoms with van der Waals surface area (Å²) in [6.07, 6.45) is 9.78. The van der Waals surface area contributed by atoms with Gasteiger partial charge in [0.25, 0.3) is 0 Å². The van der Waals surface area contributed by atoms with Crippen LogP contribution in [0.15, 0.2) is 24.3 Å². The van der Waals surface area contributed by atoms with Crippen molar-refractivity contribution in [3.8, 4) is 0 Å². The topological polar surface area (TPSA) is 96.4 Å². The zero-order valence-electron chi connectivity index (χ0n) is 22.6. The Morgan fingerprint density at radius 2 is 1.75 bits per heavy atom. The van der Waals surface area contributed by atoms with Crippen molar-refractivity contribution in [2.45, 2.75) is 90.0 Å². The van der Waals surface area contributed by atoms with E-state index in [1.807, 2.05) is 30.1 Å². The number of aliphatic hydroxyl groups is 1. The number of rotatable bonds is 7. The number of hydrogen-bond donors (Lipinski definition) is 1. The second kappa shape index (κ2) is 9.28. The molecule has 0 radical (unpaired) electrons. The van der Waals surface area contributed by atoms with Crippen molar-refractivity contribution in [3.05, 3.63) is 24.3 Å². The van der Waals surface area contributed by atoms with E-state index in [0.29, 0.717) is 32.4 Å². The molecule has 5 atom stereocenters. The van der Waals surface area contributed by atoms with Crippen LogP contribution < -0.4 is 0 Å². The molecule has 4 aliphatic heterocycles. The van der Waals surface area contributed by atoms with Gasteiger partial charge in [-0.15, -0.1) is 0 Å². The molecule has 8 heteroatoms. The Bertz CT molecular complexity index is 966. The van der Waals surface area contributed by atoms with Crippen LogP contribution in [-0.2, 0) is 23.9 Å². The summed E-state index contributed by atoms with van der Waals surface area (Å²) in [6.45, 7) is 13.4. The molecule has 1 N–H and O–H groups in total. The molecule has 0 bridgehead atoms. The van der Waals surface area contributed by atoms with Gasteiger partial charge in [-0.2, -0.15) is 0 Å². The van der Waals surface area contributed by atoms with Crippen LogP contribution in [0.4, 0.5) is 0 Å². The molecule has 0 aromatic heterocycles. The zero-order valence-corrected chi connectivity index (χ0v) is 22.6. The summed E-state index contributed by atoms with van der Waals surface area (Å²) in [4.78, 5) is 45.3. The summed E-state index contributed by atoms with van der Waals surface area (Å²) in [6, 6.07) is -0.886. The minimum Gasteiger partial charge on any atom is -0.461 e. The summed E-state index contributed by atoms with van der Waals surface area (Å²) in [5.74, 6) is -2.54. The van der Waals surface area contributed by atoms with E-state index < -0.39 is 40.6 Å². The first-order valence-corrected chi connectivity index (χ1v) is 13.3. The lowest BCUT2D eigenvalue weighted by atomic mass is 9.73. The number of ether oxygens (including phenoxy) is 2. The van der Waals surface area contributed by atoms with Crippen molar-refractivity contribution in [3.63, 3.8) is 0 Å². The Kier molecular flexibility index (Phi) is 6.92. The van der Waals surface area contributed by atoms with E-state index in [-0.39, 0.29) is 30.4 Å². The number of likely N-dealkylation sites (tertiary alicyclic amines) is 1. The number of aliphatic hydroxyl groups excluding tert-OH is 1. The van der Waals surface area contributed by atoms with Crippen molar-refractivity contribution >= 4 is 17.8 Å². The number of cyclic esters (lactones) is 1. The van der Waals surface area contributed by atoms with Gasteiger partial charge in [0.1, 0.15) is 29.8 Å². The molecule has 2 fully saturated rings. The minimum absolute atomic E-state index is 0.00898. The summed E-state index contributed by atoms with van der Waals surface area (Å²) in [7, 11) is 0. The number of fused-ring (bicyclic) bond motifs is 2. The molecule has 4 rings (SSSR count). The van der Waals surface area contributed by atoms with Crippen LogP contribution in [0.25, 0.3) is 0 Å². The number of amides is 2. The smallest absolute Gasteiger partial charge is 0.313 e.